The predicted octanol–water partition coefficient (Wildman–Crippen LogP) is 8.45. The molecule has 3 heterocycles. The van der Waals surface area contributed by atoms with E-state index in [9.17, 15) is 0 Å². The van der Waals surface area contributed by atoms with Gasteiger partial charge in [0.25, 0.3) is 0 Å². The smallest absolute Gasteiger partial charge is 0.193 e. The zero-order valence-corrected chi connectivity index (χ0v) is 24.2. The van der Waals surface area contributed by atoms with E-state index in [1.54, 1.807) is 6.26 Å². The highest BCUT2D eigenvalue weighted by molar-refractivity contribution is 4.97. The van der Waals surface area contributed by atoms with Crippen LogP contribution < -0.4 is 0 Å². The van der Waals surface area contributed by atoms with Crippen LogP contribution in [0.3, 0.4) is 0 Å². The van der Waals surface area contributed by atoms with E-state index >= 15 is 0 Å². The van der Waals surface area contributed by atoms with Gasteiger partial charge in [-0.2, -0.15) is 5.10 Å². The molecule has 0 radical (unpaired) electrons. The molecular weight excluding hydrogens is 422 g/mol. The average Bonchev–Trinajstić information content (AvgIpc) is 3.57. The Morgan fingerprint density at radius 1 is 0.882 bits per heavy atom. The van der Waals surface area contributed by atoms with Gasteiger partial charge in [0.2, 0.25) is 0 Å². The number of hydrogen-bond acceptors (Lipinski definition) is 4. The standard InChI is InChI=1S/2C6H10N2.C6H9NO.C4H8.2C3H8/c1-3-8-5-4-6(2)7-8;1-3-6-7-4-5(2)8-6;1-3-6-7-5(2)4-8-6;1-3-4-2;2*1-3-2/h4-5H,3H2,1-2H3;4H,3H2,1-2H3,(H,7,8);4H,3H2,1-2H3;3-4H,1-2H3;2*3H2,1-2H3. The van der Waals surface area contributed by atoms with Crippen LogP contribution in [0.2, 0.25) is 0 Å². The van der Waals surface area contributed by atoms with Crippen LogP contribution in [0.15, 0.2) is 41.3 Å². The maximum absolute atomic E-state index is 5.00. The summed E-state index contributed by atoms with van der Waals surface area (Å²) in [5, 5.41) is 4.15. The van der Waals surface area contributed by atoms with Crippen molar-refractivity contribution in [2.75, 3.05) is 0 Å². The first-order valence-electron chi connectivity index (χ1n) is 12.7. The molecule has 0 saturated heterocycles. The number of nitrogens with zero attached hydrogens (tertiary/aromatic N) is 4. The summed E-state index contributed by atoms with van der Waals surface area (Å²) >= 11 is 0. The molecule has 6 nitrogen and oxygen atoms in total. The van der Waals surface area contributed by atoms with Gasteiger partial charge in [-0.3, -0.25) is 4.68 Å². The van der Waals surface area contributed by atoms with E-state index in [0.29, 0.717) is 0 Å². The maximum Gasteiger partial charge on any atom is 0.193 e. The monoisotopic (exact) mass is 475 g/mol. The fourth-order valence-electron chi connectivity index (χ4n) is 1.85. The van der Waals surface area contributed by atoms with Crippen LogP contribution in [-0.2, 0) is 19.4 Å². The van der Waals surface area contributed by atoms with Crippen LogP contribution in [0.25, 0.3) is 0 Å². The van der Waals surface area contributed by atoms with Crippen LogP contribution in [0.4, 0.5) is 0 Å². The second-order valence-corrected chi connectivity index (χ2v) is 7.50. The van der Waals surface area contributed by atoms with Crippen LogP contribution in [-0.4, -0.2) is 24.7 Å². The van der Waals surface area contributed by atoms with E-state index in [1.165, 1.54) is 12.8 Å². The van der Waals surface area contributed by atoms with E-state index in [4.69, 9.17) is 4.42 Å². The number of rotatable bonds is 3. The molecule has 0 amide bonds. The summed E-state index contributed by atoms with van der Waals surface area (Å²) in [7, 11) is 0. The number of H-pyrrole nitrogens is 1. The Bertz CT molecular complexity index is 698. The van der Waals surface area contributed by atoms with Gasteiger partial charge in [0.15, 0.2) is 5.89 Å². The molecule has 0 unspecified atom stereocenters. The molecule has 0 fully saturated rings. The number of nitrogens with one attached hydrogen (secondary N) is 1. The van der Waals surface area contributed by atoms with Crippen molar-refractivity contribution in [2.45, 2.75) is 115 Å². The van der Waals surface area contributed by atoms with Crippen molar-refractivity contribution in [3.8, 4) is 0 Å². The zero-order chi connectivity index (χ0) is 26.8. The van der Waals surface area contributed by atoms with Gasteiger partial charge in [-0.15, -0.1) is 0 Å². The molecule has 0 aromatic carbocycles. The van der Waals surface area contributed by atoms with E-state index in [2.05, 4.69) is 61.6 Å². The van der Waals surface area contributed by atoms with Gasteiger partial charge in [-0.25, -0.2) is 9.97 Å². The fourth-order valence-corrected chi connectivity index (χ4v) is 1.85. The molecule has 34 heavy (non-hydrogen) atoms. The lowest BCUT2D eigenvalue weighted by molar-refractivity contribution is 0.501. The van der Waals surface area contributed by atoms with Crippen molar-refractivity contribution in [1.82, 2.24) is 24.7 Å². The SMILES string of the molecule is CC=CC.CCC.CCC.CCc1nc(C)co1.CCc1ncc(C)[nH]1.CCn1ccc(C)n1. The Morgan fingerprint density at radius 2 is 1.44 bits per heavy atom. The van der Waals surface area contributed by atoms with E-state index < -0.39 is 0 Å². The molecule has 0 aliphatic heterocycles. The third kappa shape index (κ3) is 24.0. The highest BCUT2D eigenvalue weighted by Crippen LogP contribution is 1.99. The van der Waals surface area contributed by atoms with Crippen molar-refractivity contribution in [3.63, 3.8) is 0 Å². The Kier molecular flexibility index (Phi) is 28.1. The number of aromatic nitrogens is 5. The second kappa shape index (κ2) is 26.6. The quantitative estimate of drug-likeness (QED) is 0.386. The van der Waals surface area contributed by atoms with E-state index in [-0.39, 0.29) is 0 Å². The molecule has 1 N–H and O–H groups in total. The first-order valence-corrected chi connectivity index (χ1v) is 12.7. The van der Waals surface area contributed by atoms with Crippen LogP contribution in [0.1, 0.15) is 104 Å². The molecule has 0 aliphatic carbocycles. The van der Waals surface area contributed by atoms with E-state index in [0.717, 1.165) is 48.2 Å². The molecule has 196 valence electrons. The average molecular weight is 476 g/mol. The fraction of sp³-hybridized carbons (Fsp3) is 0.607. The van der Waals surface area contributed by atoms with Gasteiger partial charge >= 0.3 is 0 Å². The molecule has 0 atom stereocenters. The summed E-state index contributed by atoms with van der Waals surface area (Å²) in [6.45, 7) is 25.6. The first kappa shape index (κ1) is 35.9. The molecule has 0 saturated carbocycles. The Labute approximate surface area is 210 Å². The number of allylic oxidation sites excluding steroid dienone is 2. The van der Waals surface area contributed by atoms with Gasteiger partial charge in [-0.1, -0.05) is 66.5 Å². The number of oxazole rings is 1. The molecule has 0 bridgehead atoms. The maximum atomic E-state index is 5.00. The molecular formula is C28H53N5O. The number of aromatic amines is 1. The van der Waals surface area contributed by atoms with Gasteiger partial charge < -0.3 is 9.40 Å². The number of aryl methyl sites for hydroxylation is 6. The van der Waals surface area contributed by atoms with Crippen LogP contribution >= 0.6 is 0 Å². The minimum Gasteiger partial charge on any atom is -0.449 e. The topological polar surface area (TPSA) is 72.5 Å². The lowest BCUT2D eigenvalue weighted by Crippen LogP contribution is -1.93. The molecule has 0 aliphatic rings. The zero-order valence-electron chi connectivity index (χ0n) is 24.2. The van der Waals surface area contributed by atoms with Crippen molar-refractivity contribution in [3.05, 3.63) is 65.7 Å². The van der Waals surface area contributed by atoms with E-state index in [1.807, 2.05) is 76.8 Å². The highest BCUT2D eigenvalue weighted by atomic mass is 16.3. The summed E-state index contributed by atoms with van der Waals surface area (Å²) in [5.74, 6) is 1.89. The van der Waals surface area contributed by atoms with Crippen LogP contribution in [0, 0.1) is 20.8 Å². The van der Waals surface area contributed by atoms with Gasteiger partial charge in [0, 0.05) is 37.5 Å². The molecule has 3 aromatic rings. The first-order chi connectivity index (χ1) is 16.2. The summed E-state index contributed by atoms with van der Waals surface area (Å²) in [5.41, 5.74) is 3.19. The summed E-state index contributed by atoms with van der Waals surface area (Å²) in [4.78, 5) is 11.3. The molecule has 0 spiro atoms. The molecule has 3 aromatic heterocycles. The van der Waals surface area contributed by atoms with Crippen molar-refractivity contribution in [2.24, 2.45) is 0 Å². The van der Waals surface area contributed by atoms with Gasteiger partial charge in [0.05, 0.1) is 11.4 Å². The Morgan fingerprint density at radius 3 is 1.62 bits per heavy atom. The largest absolute Gasteiger partial charge is 0.449 e. The lowest BCUT2D eigenvalue weighted by atomic mass is 10.5. The van der Waals surface area contributed by atoms with Gasteiger partial charge in [-0.05, 0) is 47.6 Å². The third-order valence-corrected chi connectivity index (χ3v) is 3.49. The lowest BCUT2D eigenvalue weighted by Gasteiger charge is -1.89. The van der Waals surface area contributed by atoms with Crippen LogP contribution in [0.5, 0.6) is 0 Å². The van der Waals surface area contributed by atoms with Crippen molar-refractivity contribution in [1.29, 1.82) is 0 Å². The molecule has 6 heteroatoms. The van der Waals surface area contributed by atoms with Crippen molar-refractivity contribution < 1.29 is 4.42 Å². The van der Waals surface area contributed by atoms with Crippen molar-refractivity contribution >= 4 is 0 Å². The number of hydrogen-bond donors (Lipinski definition) is 1. The number of imidazole rings is 1. The third-order valence-electron chi connectivity index (χ3n) is 3.49. The minimum absolute atomic E-state index is 0.822. The molecule has 3 rings (SSSR count). The highest BCUT2D eigenvalue weighted by Gasteiger charge is 1.93. The Balaban J connectivity index is -0.000000357. The predicted molar refractivity (Wildman–Crippen MR) is 148 cm³/mol. The minimum atomic E-state index is 0.822. The summed E-state index contributed by atoms with van der Waals surface area (Å²) in [6.07, 6.45) is 13.9. The second-order valence-electron chi connectivity index (χ2n) is 7.50. The summed E-state index contributed by atoms with van der Waals surface area (Å²) < 4.78 is 6.91. The summed E-state index contributed by atoms with van der Waals surface area (Å²) in [6, 6.07) is 2.00. The van der Waals surface area contributed by atoms with Gasteiger partial charge in [0.1, 0.15) is 12.1 Å². The normalized spacial score (nSPS) is 9.06. The Hall–Kier alpha value is -2.63.